The Morgan fingerprint density at radius 3 is 2.33 bits per heavy atom. The average molecular weight is 427 g/mol. The summed E-state index contributed by atoms with van der Waals surface area (Å²) in [5, 5.41) is 2.68. The molecule has 160 valence electrons. The number of aromatic nitrogens is 2. The Bertz CT molecular complexity index is 955. The van der Waals surface area contributed by atoms with Crippen molar-refractivity contribution in [2.24, 2.45) is 10.7 Å². The molecule has 0 aliphatic rings. The molecular formula is C18H17F4N5O3. The number of ether oxygens (including phenoxy) is 2. The molecule has 12 heteroatoms. The fourth-order valence-electron chi connectivity index (χ4n) is 2.05. The summed E-state index contributed by atoms with van der Waals surface area (Å²) >= 11 is 0. The molecule has 8 nitrogen and oxygen atoms in total. The van der Waals surface area contributed by atoms with Crippen molar-refractivity contribution in [3.63, 3.8) is 0 Å². The van der Waals surface area contributed by atoms with Gasteiger partial charge in [0.2, 0.25) is 5.95 Å². The number of nitrogens with one attached hydrogen (secondary N) is 1. The molecule has 0 bridgehead atoms. The molecule has 2 rings (SSSR count). The van der Waals surface area contributed by atoms with E-state index in [1.165, 1.54) is 13.1 Å². The first-order valence-electron chi connectivity index (χ1n) is 8.41. The molecule has 0 saturated carbocycles. The Kier molecular flexibility index (Phi) is 7.67. The summed E-state index contributed by atoms with van der Waals surface area (Å²) in [5.41, 5.74) is 4.48. The van der Waals surface area contributed by atoms with E-state index in [9.17, 15) is 22.4 Å². The Hall–Kier alpha value is -3.70. The van der Waals surface area contributed by atoms with Crippen molar-refractivity contribution in [2.45, 2.75) is 13.5 Å². The number of rotatable bonds is 7. The third-order valence-corrected chi connectivity index (χ3v) is 3.50. The number of aliphatic imine (C=N–C) groups is 1. The molecule has 0 unspecified atom stereocenters. The zero-order valence-electron chi connectivity index (χ0n) is 15.9. The van der Waals surface area contributed by atoms with Crippen LogP contribution in [0.3, 0.4) is 0 Å². The van der Waals surface area contributed by atoms with Gasteiger partial charge in [-0.2, -0.15) is 0 Å². The van der Waals surface area contributed by atoms with Crippen LogP contribution in [0.4, 0.5) is 23.5 Å². The number of esters is 1. The van der Waals surface area contributed by atoms with Gasteiger partial charge in [-0.1, -0.05) is 0 Å². The van der Waals surface area contributed by atoms with E-state index in [2.05, 4.69) is 20.3 Å². The molecular weight excluding hydrogens is 410 g/mol. The lowest BCUT2D eigenvalue weighted by molar-refractivity contribution is -0.138. The first-order chi connectivity index (χ1) is 14.3. The number of amidine groups is 1. The summed E-state index contributed by atoms with van der Waals surface area (Å²) < 4.78 is 63.5. The van der Waals surface area contributed by atoms with Gasteiger partial charge in [-0.25, -0.2) is 32.3 Å². The van der Waals surface area contributed by atoms with Gasteiger partial charge in [0.05, 0.1) is 24.6 Å². The molecule has 1 heterocycles. The molecule has 30 heavy (non-hydrogen) atoms. The van der Waals surface area contributed by atoms with Crippen LogP contribution in [0.2, 0.25) is 0 Å². The van der Waals surface area contributed by atoms with E-state index >= 15 is 0 Å². The van der Waals surface area contributed by atoms with Crippen LogP contribution in [0.5, 0.6) is 5.75 Å². The predicted molar refractivity (Wildman–Crippen MR) is 98.5 cm³/mol. The lowest BCUT2D eigenvalue weighted by atomic mass is 10.2. The molecule has 0 spiro atoms. The summed E-state index contributed by atoms with van der Waals surface area (Å²) in [5.74, 6) is -6.75. The smallest absolute Gasteiger partial charge is 0.354 e. The summed E-state index contributed by atoms with van der Waals surface area (Å²) in [6.45, 7) is 0.992. The second-order valence-electron chi connectivity index (χ2n) is 5.53. The van der Waals surface area contributed by atoms with Crippen molar-refractivity contribution in [3.05, 3.63) is 59.1 Å². The Labute approximate surface area is 168 Å². The summed E-state index contributed by atoms with van der Waals surface area (Å²) in [6, 6.07) is 0.105. The molecule has 0 radical (unpaired) electrons. The number of anilines is 1. The van der Waals surface area contributed by atoms with Crippen LogP contribution in [0.1, 0.15) is 12.5 Å². The summed E-state index contributed by atoms with van der Waals surface area (Å²) in [6.07, 6.45) is 3.51. The lowest BCUT2D eigenvalue weighted by Gasteiger charge is -2.10. The molecule has 0 aliphatic heterocycles. The minimum Gasteiger partial charge on any atom is -0.485 e. The van der Waals surface area contributed by atoms with Crippen molar-refractivity contribution >= 4 is 17.8 Å². The quantitative estimate of drug-likeness (QED) is 0.174. The van der Waals surface area contributed by atoms with Crippen LogP contribution < -0.4 is 15.8 Å². The highest BCUT2D eigenvalue weighted by Gasteiger charge is 2.19. The Balaban J connectivity index is 2.05. The van der Waals surface area contributed by atoms with Gasteiger partial charge in [0.1, 0.15) is 18.1 Å². The number of nitrogens with two attached hydrogens (primary N) is 1. The molecule has 3 N–H and O–H groups in total. The van der Waals surface area contributed by atoms with Crippen LogP contribution in [0, 0.1) is 23.3 Å². The number of halogens is 4. The highest BCUT2D eigenvalue weighted by atomic mass is 19.2. The van der Waals surface area contributed by atoms with Crippen molar-refractivity contribution in [3.8, 4) is 5.75 Å². The number of hydrogen-bond donors (Lipinski definition) is 2. The number of nitrogens with zero attached hydrogens (tertiary/aromatic N) is 3. The number of benzene rings is 1. The standard InChI is InChI=1S/C18H17F4N5O3/c1-3-29-17(28)13(23)5-14(24-2)27-18-25-6-9(7-26-18)30-8-10-15(21)11(19)4-12(20)16(10)22/h4-7H,3,8,23H2,1-2H3,(H,24,25,26,27)/b13-5-. The van der Waals surface area contributed by atoms with Crippen LogP contribution >= 0.6 is 0 Å². The highest BCUT2D eigenvalue weighted by Crippen LogP contribution is 2.21. The maximum Gasteiger partial charge on any atom is 0.354 e. The van der Waals surface area contributed by atoms with Crippen LogP contribution in [-0.2, 0) is 16.1 Å². The van der Waals surface area contributed by atoms with E-state index in [1.54, 1.807) is 6.92 Å². The van der Waals surface area contributed by atoms with E-state index < -0.39 is 41.4 Å². The van der Waals surface area contributed by atoms with Gasteiger partial charge >= 0.3 is 5.97 Å². The second kappa shape index (κ2) is 10.2. The lowest BCUT2D eigenvalue weighted by Crippen LogP contribution is -2.19. The van der Waals surface area contributed by atoms with E-state index in [-0.39, 0.29) is 35.9 Å². The van der Waals surface area contributed by atoms with Crippen LogP contribution in [-0.4, -0.2) is 35.4 Å². The molecule has 1 aromatic heterocycles. The van der Waals surface area contributed by atoms with Crippen LogP contribution in [0.15, 0.2) is 35.2 Å². The van der Waals surface area contributed by atoms with Gasteiger partial charge in [-0.15, -0.1) is 0 Å². The Morgan fingerprint density at radius 2 is 1.80 bits per heavy atom. The summed E-state index contributed by atoms with van der Waals surface area (Å²) in [7, 11) is 1.43. The van der Waals surface area contributed by atoms with E-state index in [0.717, 1.165) is 12.4 Å². The molecule has 2 aromatic rings. The third kappa shape index (κ3) is 5.65. The van der Waals surface area contributed by atoms with Crippen LogP contribution in [0.25, 0.3) is 0 Å². The first-order valence-corrected chi connectivity index (χ1v) is 8.41. The highest BCUT2D eigenvalue weighted by molar-refractivity contribution is 6.06. The Morgan fingerprint density at radius 1 is 1.20 bits per heavy atom. The van der Waals surface area contributed by atoms with Gasteiger partial charge in [0.15, 0.2) is 29.0 Å². The third-order valence-electron chi connectivity index (χ3n) is 3.50. The van der Waals surface area contributed by atoms with Gasteiger partial charge in [-0.05, 0) is 6.92 Å². The van der Waals surface area contributed by atoms with Gasteiger partial charge < -0.3 is 20.5 Å². The molecule has 0 aliphatic carbocycles. The van der Waals surface area contributed by atoms with E-state index in [1.807, 2.05) is 0 Å². The molecule has 0 atom stereocenters. The van der Waals surface area contributed by atoms with Crippen molar-refractivity contribution in [1.82, 2.24) is 9.97 Å². The SMILES string of the molecule is CCOC(=O)/C(N)=C/C(=NC)Nc1ncc(OCc2c(F)c(F)cc(F)c2F)cn1. The topological polar surface area (TPSA) is 112 Å². The van der Waals surface area contributed by atoms with Gasteiger partial charge in [-0.3, -0.25) is 4.99 Å². The minimum atomic E-state index is -1.55. The van der Waals surface area contributed by atoms with Crippen molar-refractivity contribution in [2.75, 3.05) is 19.0 Å². The number of carbonyl (C=O) groups is 1. The zero-order valence-corrected chi connectivity index (χ0v) is 15.9. The first kappa shape index (κ1) is 22.6. The average Bonchev–Trinajstić information content (AvgIpc) is 2.73. The van der Waals surface area contributed by atoms with E-state index in [0.29, 0.717) is 0 Å². The normalized spacial score (nSPS) is 11.9. The predicted octanol–water partition coefficient (Wildman–Crippen LogP) is 2.46. The largest absolute Gasteiger partial charge is 0.485 e. The molecule has 0 amide bonds. The molecule has 0 saturated heterocycles. The maximum atomic E-state index is 13.6. The fourth-order valence-corrected chi connectivity index (χ4v) is 2.05. The second-order valence-corrected chi connectivity index (χ2v) is 5.53. The van der Waals surface area contributed by atoms with Crippen molar-refractivity contribution < 1.29 is 31.8 Å². The molecule has 0 fully saturated rings. The monoisotopic (exact) mass is 427 g/mol. The number of hydrogen-bond acceptors (Lipinski definition) is 7. The fraction of sp³-hybridized carbons (Fsp3) is 0.222. The van der Waals surface area contributed by atoms with Crippen molar-refractivity contribution in [1.29, 1.82) is 0 Å². The zero-order chi connectivity index (χ0) is 22.3. The minimum absolute atomic E-state index is 0.0272. The summed E-state index contributed by atoms with van der Waals surface area (Å²) in [4.78, 5) is 23.2. The molecule has 1 aromatic carbocycles. The van der Waals surface area contributed by atoms with Gasteiger partial charge in [0, 0.05) is 19.2 Å². The number of carbonyl (C=O) groups excluding carboxylic acids is 1. The van der Waals surface area contributed by atoms with E-state index in [4.69, 9.17) is 15.2 Å². The van der Waals surface area contributed by atoms with Gasteiger partial charge in [0.25, 0.3) is 0 Å². The maximum absolute atomic E-state index is 13.6.